The van der Waals surface area contributed by atoms with Crippen molar-refractivity contribution in [2.24, 2.45) is 0 Å². The molecule has 3 aromatic rings. The van der Waals surface area contributed by atoms with Crippen LogP contribution in [0.15, 0.2) is 70.7 Å². The summed E-state index contributed by atoms with van der Waals surface area (Å²) in [5, 5.41) is 9.59. The number of nitrogens with zero attached hydrogens (tertiary/aromatic N) is 3. The zero-order valence-electron chi connectivity index (χ0n) is 14.2. The molecule has 0 aliphatic rings. The first-order valence-corrected chi connectivity index (χ1v) is 10.6. The van der Waals surface area contributed by atoms with Crippen molar-refractivity contribution >= 4 is 22.6 Å². The van der Waals surface area contributed by atoms with Crippen LogP contribution < -0.4 is 0 Å². The van der Waals surface area contributed by atoms with Crippen molar-refractivity contribution in [1.82, 2.24) is 14.8 Å². The third kappa shape index (κ3) is 4.80. The molecule has 0 amide bonds. The topological polar surface area (TPSA) is 47.8 Å². The van der Waals surface area contributed by atoms with Gasteiger partial charge in [-0.1, -0.05) is 60.3 Å². The van der Waals surface area contributed by atoms with Crippen LogP contribution in [0.1, 0.15) is 18.3 Å². The van der Waals surface area contributed by atoms with Crippen molar-refractivity contribution in [3.8, 4) is 0 Å². The van der Waals surface area contributed by atoms with Gasteiger partial charge in [-0.25, -0.2) is 0 Å². The van der Waals surface area contributed by atoms with Gasteiger partial charge in [-0.2, -0.15) is 0 Å². The molecule has 0 fully saturated rings. The monoisotopic (exact) mass is 371 g/mol. The third-order valence-electron chi connectivity index (χ3n) is 3.82. The second kappa shape index (κ2) is 8.97. The lowest BCUT2D eigenvalue weighted by molar-refractivity contribution is 0.651. The highest BCUT2D eigenvalue weighted by atomic mass is 32.2. The molecule has 2 aromatic carbocycles. The van der Waals surface area contributed by atoms with E-state index in [1.165, 1.54) is 5.56 Å². The van der Waals surface area contributed by atoms with Gasteiger partial charge in [0.05, 0.1) is 10.8 Å². The summed E-state index contributed by atoms with van der Waals surface area (Å²) in [4.78, 5) is 0.879. The molecule has 0 bridgehead atoms. The van der Waals surface area contributed by atoms with Crippen LogP contribution in [0.2, 0.25) is 0 Å². The van der Waals surface area contributed by atoms with Crippen LogP contribution in [0.3, 0.4) is 0 Å². The second-order valence-corrected chi connectivity index (χ2v) is 8.15. The zero-order chi connectivity index (χ0) is 17.5. The Labute approximate surface area is 155 Å². The van der Waals surface area contributed by atoms with Gasteiger partial charge in [0.25, 0.3) is 0 Å². The Morgan fingerprint density at radius 2 is 1.68 bits per heavy atom. The average Bonchev–Trinajstić information content (AvgIpc) is 3.04. The summed E-state index contributed by atoms with van der Waals surface area (Å²) in [6.45, 7) is 2.93. The molecule has 1 atom stereocenters. The summed E-state index contributed by atoms with van der Waals surface area (Å²) in [6, 6.07) is 19.9. The molecule has 3 rings (SSSR count). The Bertz CT molecular complexity index is 819. The maximum Gasteiger partial charge on any atom is 0.191 e. The Hall–Kier alpha value is -1.92. The quantitative estimate of drug-likeness (QED) is 0.565. The highest BCUT2D eigenvalue weighted by Crippen LogP contribution is 2.19. The smallest absolute Gasteiger partial charge is 0.191 e. The van der Waals surface area contributed by atoms with Crippen molar-refractivity contribution in [2.45, 2.75) is 29.9 Å². The third-order valence-corrected chi connectivity index (χ3v) is 6.42. The van der Waals surface area contributed by atoms with Crippen molar-refractivity contribution in [3.63, 3.8) is 0 Å². The van der Waals surface area contributed by atoms with Crippen LogP contribution in [-0.2, 0) is 23.8 Å². The first-order chi connectivity index (χ1) is 12.3. The van der Waals surface area contributed by atoms with Crippen molar-refractivity contribution < 1.29 is 4.21 Å². The maximum atomic E-state index is 12.3. The highest BCUT2D eigenvalue weighted by molar-refractivity contribution is 8.00. The summed E-state index contributed by atoms with van der Waals surface area (Å²) in [5.74, 6) is 2.34. The minimum Gasteiger partial charge on any atom is -0.306 e. The number of hydrogen-bond acceptors (Lipinski definition) is 4. The average molecular weight is 372 g/mol. The molecule has 130 valence electrons. The van der Waals surface area contributed by atoms with E-state index in [2.05, 4.69) is 33.8 Å². The number of benzene rings is 2. The normalized spacial score (nSPS) is 12.2. The van der Waals surface area contributed by atoms with E-state index in [-0.39, 0.29) is 0 Å². The Morgan fingerprint density at radius 3 is 2.36 bits per heavy atom. The van der Waals surface area contributed by atoms with E-state index in [0.29, 0.717) is 5.75 Å². The van der Waals surface area contributed by atoms with Crippen molar-refractivity contribution in [1.29, 1.82) is 0 Å². The number of rotatable bonds is 8. The number of aromatic nitrogens is 3. The molecule has 0 spiro atoms. The standard InChI is InChI=1S/C19H21N3OS2/c1-2-22-18(15-16-9-5-3-6-10-16)20-21-19(22)24-13-14-25(23)17-11-7-4-8-12-17/h3-12H,2,13-15H2,1H3/t25-/m1/s1. The van der Waals surface area contributed by atoms with Gasteiger partial charge < -0.3 is 4.57 Å². The van der Waals surface area contributed by atoms with Gasteiger partial charge >= 0.3 is 0 Å². The van der Waals surface area contributed by atoms with E-state index in [1.54, 1.807) is 11.8 Å². The van der Waals surface area contributed by atoms with E-state index in [1.807, 2.05) is 48.5 Å². The fourth-order valence-corrected chi connectivity index (χ4v) is 4.86. The fraction of sp³-hybridized carbons (Fsp3) is 0.263. The lowest BCUT2D eigenvalue weighted by Gasteiger charge is -2.07. The molecule has 0 aliphatic heterocycles. The molecule has 0 radical (unpaired) electrons. The Kier molecular flexibility index (Phi) is 6.42. The van der Waals surface area contributed by atoms with Crippen LogP contribution >= 0.6 is 11.8 Å². The summed E-state index contributed by atoms with van der Waals surface area (Å²) >= 11 is 1.62. The van der Waals surface area contributed by atoms with E-state index in [4.69, 9.17) is 0 Å². The van der Waals surface area contributed by atoms with E-state index in [9.17, 15) is 4.21 Å². The molecule has 1 heterocycles. The summed E-state index contributed by atoms with van der Waals surface area (Å²) in [5.41, 5.74) is 1.23. The van der Waals surface area contributed by atoms with Gasteiger partial charge in [0.2, 0.25) is 0 Å². The molecule has 4 nitrogen and oxygen atoms in total. The highest BCUT2D eigenvalue weighted by Gasteiger charge is 2.12. The first-order valence-electron chi connectivity index (χ1n) is 8.30. The minimum absolute atomic E-state index is 0.610. The van der Waals surface area contributed by atoms with Gasteiger partial charge in [0.15, 0.2) is 5.16 Å². The van der Waals surface area contributed by atoms with E-state index in [0.717, 1.165) is 34.6 Å². The van der Waals surface area contributed by atoms with Crippen LogP contribution in [0, 0.1) is 0 Å². The van der Waals surface area contributed by atoms with Gasteiger partial charge in [0.1, 0.15) is 5.82 Å². The SMILES string of the molecule is CCn1c(Cc2ccccc2)nnc1SCC[S@@](=O)c1ccccc1. The zero-order valence-corrected chi connectivity index (χ0v) is 15.8. The molecule has 0 unspecified atom stereocenters. The summed E-state index contributed by atoms with van der Waals surface area (Å²) < 4.78 is 14.4. The molecular weight excluding hydrogens is 350 g/mol. The summed E-state index contributed by atoms with van der Waals surface area (Å²) in [7, 11) is -0.969. The molecule has 0 aliphatic carbocycles. The van der Waals surface area contributed by atoms with Crippen molar-refractivity contribution in [2.75, 3.05) is 11.5 Å². The van der Waals surface area contributed by atoms with Gasteiger partial charge in [0, 0.05) is 29.4 Å². The van der Waals surface area contributed by atoms with Crippen LogP contribution in [0.4, 0.5) is 0 Å². The molecule has 0 N–H and O–H groups in total. The van der Waals surface area contributed by atoms with Crippen LogP contribution in [-0.4, -0.2) is 30.5 Å². The van der Waals surface area contributed by atoms with Gasteiger partial charge in [-0.15, -0.1) is 10.2 Å². The first kappa shape index (κ1) is 17.9. The van der Waals surface area contributed by atoms with Crippen molar-refractivity contribution in [3.05, 3.63) is 72.1 Å². The summed E-state index contributed by atoms with van der Waals surface area (Å²) in [6.07, 6.45) is 0.776. The number of thioether (sulfide) groups is 1. The van der Waals surface area contributed by atoms with E-state index >= 15 is 0 Å². The van der Waals surface area contributed by atoms with Gasteiger partial charge in [-0.3, -0.25) is 4.21 Å². The lowest BCUT2D eigenvalue weighted by atomic mass is 10.1. The molecule has 1 aromatic heterocycles. The second-order valence-electron chi connectivity index (χ2n) is 5.52. The van der Waals surface area contributed by atoms with Crippen LogP contribution in [0.25, 0.3) is 0 Å². The predicted molar refractivity (Wildman–Crippen MR) is 103 cm³/mol. The molecule has 0 saturated heterocycles. The number of hydrogen-bond donors (Lipinski definition) is 0. The minimum atomic E-state index is -0.969. The van der Waals surface area contributed by atoms with Gasteiger partial charge in [-0.05, 0) is 24.6 Å². The van der Waals surface area contributed by atoms with E-state index < -0.39 is 10.8 Å². The molecule has 0 saturated carbocycles. The fourth-order valence-electron chi connectivity index (χ4n) is 2.55. The largest absolute Gasteiger partial charge is 0.306 e. The Morgan fingerprint density at radius 1 is 1.00 bits per heavy atom. The lowest BCUT2D eigenvalue weighted by Crippen LogP contribution is -2.06. The predicted octanol–water partition coefficient (Wildman–Crippen LogP) is 3.79. The van der Waals surface area contributed by atoms with Crippen LogP contribution in [0.5, 0.6) is 0 Å². The molecule has 25 heavy (non-hydrogen) atoms. The Balaban J connectivity index is 1.60. The maximum absolute atomic E-state index is 12.3. The molecule has 6 heteroatoms. The molecular formula is C19H21N3OS2.